The highest BCUT2D eigenvalue weighted by atomic mass is 28.3. The fraction of sp³-hybridized carbons (Fsp3) is 0.0833. The van der Waals surface area contributed by atoms with Gasteiger partial charge in [0.2, 0.25) is 0 Å². The summed E-state index contributed by atoms with van der Waals surface area (Å²) in [4.78, 5) is 0. The molecule has 0 saturated carbocycles. The summed E-state index contributed by atoms with van der Waals surface area (Å²) in [5.74, 6) is 0. The van der Waals surface area contributed by atoms with Crippen LogP contribution in [-0.4, -0.2) is 8.07 Å². The number of benzene rings is 3. The second-order valence-corrected chi connectivity index (χ2v) is 10.5. The molecule has 1 atom stereocenters. The van der Waals surface area contributed by atoms with Crippen LogP contribution in [0, 0.1) is 0 Å². The van der Waals surface area contributed by atoms with E-state index in [0.717, 1.165) is 0 Å². The molecule has 1 heteroatoms. The van der Waals surface area contributed by atoms with Gasteiger partial charge in [0.15, 0.2) is 0 Å². The minimum absolute atomic E-state index is 1.17. The number of rotatable bonds is 4. The average Bonchev–Trinajstić information content (AvgIpc) is 3.14. The third-order valence-corrected chi connectivity index (χ3v) is 9.73. The van der Waals surface area contributed by atoms with Crippen LogP contribution in [0.3, 0.4) is 0 Å². The van der Waals surface area contributed by atoms with Gasteiger partial charge in [-0.2, -0.15) is 0 Å². The van der Waals surface area contributed by atoms with Crippen molar-refractivity contribution < 1.29 is 0 Å². The molecule has 0 fully saturated rings. The summed E-state index contributed by atoms with van der Waals surface area (Å²) >= 11 is 0. The Balaban J connectivity index is 1.83. The Hall–Kier alpha value is -2.64. The molecule has 0 amide bonds. The third-order valence-electron chi connectivity index (χ3n) is 5.10. The van der Waals surface area contributed by atoms with Crippen LogP contribution in [0.4, 0.5) is 0 Å². The molecule has 122 valence electrons. The molecule has 1 unspecified atom stereocenters. The van der Waals surface area contributed by atoms with Crippen molar-refractivity contribution in [1.29, 1.82) is 0 Å². The van der Waals surface area contributed by atoms with Crippen LogP contribution in [-0.2, 0) is 0 Å². The van der Waals surface area contributed by atoms with Crippen molar-refractivity contribution in [2.24, 2.45) is 0 Å². The Kier molecular flexibility index (Phi) is 4.49. The predicted octanol–water partition coefficient (Wildman–Crippen LogP) is 5.62. The van der Waals surface area contributed by atoms with Crippen molar-refractivity contribution in [3.63, 3.8) is 0 Å². The molecule has 0 N–H and O–H groups in total. The Morgan fingerprint density at radius 3 is 1.96 bits per heavy atom. The Morgan fingerprint density at radius 1 is 0.680 bits per heavy atom. The maximum absolute atomic E-state index is 2.55. The molecule has 0 aromatic heterocycles. The highest BCUT2D eigenvalue weighted by Crippen LogP contribution is 2.37. The molecular formula is C24H22Si. The van der Waals surface area contributed by atoms with E-state index >= 15 is 0 Å². The summed E-state index contributed by atoms with van der Waals surface area (Å²) in [6.45, 7) is 0. The minimum Gasteiger partial charge on any atom is -0.0852 e. The average molecular weight is 339 g/mol. The summed E-state index contributed by atoms with van der Waals surface area (Å²) < 4.78 is 0. The molecule has 0 bridgehead atoms. The SMILES string of the molecule is C1=C(c2ccccc2)[Si](/C=C\c2ccccc2)(c2ccccc2)CC1. The number of hydrogen-bond acceptors (Lipinski definition) is 0. The van der Waals surface area contributed by atoms with Crippen LogP contribution in [0.5, 0.6) is 0 Å². The topological polar surface area (TPSA) is 0 Å². The Labute approximate surface area is 151 Å². The van der Waals surface area contributed by atoms with Crippen LogP contribution in [0.15, 0.2) is 103 Å². The van der Waals surface area contributed by atoms with E-state index in [2.05, 4.69) is 109 Å². The van der Waals surface area contributed by atoms with Gasteiger partial charge in [0.25, 0.3) is 0 Å². The van der Waals surface area contributed by atoms with Crippen molar-refractivity contribution >= 4 is 24.5 Å². The summed E-state index contributed by atoms with van der Waals surface area (Å²) in [5, 5.41) is 3.07. The van der Waals surface area contributed by atoms with E-state index < -0.39 is 8.07 Å². The maximum atomic E-state index is 2.55. The van der Waals surface area contributed by atoms with Crippen LogP contribution in [0.25, 0.3) is 11.3 Å². The summed E-state index contributed by atoms with van der Waals surface area (Å²) in [6.07, 6.45) is 5.98. The van der Waals surface area contributed by atoms with Crippen molar-refractivity contribution in [2.75, 3.05) is 0 Å². The molecule has 0 radical (unpaired) electrons. The molecule has 3 aromatic rings. The lowest BCUT2D eigenvalue weighted by Gasteiger charge is -2.28. The molecule has 0 spiro atoms. The van der Waals surface area contributed by atoms with Gasteiger partial charge in [-0.25, -0.2) is 0 Å². The zero-order chi connectivity index (χ0) is 17.0. The standard InChI is InChI=1S/C24H22Si/c1-4-11-21(12-5-1)18-20-25(23-15-8-3-9-16-23)19-10-17-24(25)22-13-6-2-7-14-22/h1-9,11-18,20H,10,19H2/b20-18-. The zero-order valence-corrected chi connectivity index (χ0v) is 15.3. The van der Waals surface area contributed by atoms with Gasteiger partial charge < -0.3 is 0 Å². The van der Waals surface area contributed by atoms with E-state index in [-0.39, 0.29) is 0 Å². The van der Waals surface area contributed by atoms with Crippen LogP contribution >= 0.6 is 0 Å². The van der Waals surface area contributed by atoms with Gasteiger partial charge in [0.05, 0.1) is 0 Å². The highest BCUT2D eigenvalue weighted by molar-refractivity contribution is 7.10. The van der Waals surface area contributed by atoms with E-state index in [1.807, 2.05) is 0 Å². The Morgan fingerprint density at radius 2 is 1.28 bits per heavy atom. The lowest BCUT2D eigenvalue weighted by Crippen LogP contribution is -2.45. The van der Waals surface area contributed by atoms with Gasteiger partial charge in [-0.3, -0.25) is 0 Å². The van der Waals surface area contributed by atoms with Crippen molar-refractivity contribution in [1.82, 2.24) is 0 Å². The number of hydrogen-bond donors (Lipinski definition) is 0. The largest absolute Gasteiger partial charge is 0.141 e. The second-order valence-electron chi connectivity index (χ2n) is 6.60. The first-order valence-electron chi connectivity index (χ1n) is 8.94. The van der Waals surface area contributed by atoms with Crippen molar-refractivity contribution in [3.8, 4) is 0 Å². The maximum Gasteiger partial charge on any atom is 0.141 e. The first kappa shape index (κ1) is 15.9. The lowest BCUT2D eigenvalue weighted by molar-refractivity contribution is 1.22. The monoisotopic (exact) mass is 338 g/mol. The van der Waals surface area contributed by atoms with Gasteiger partial charge in [-0.05, 0) is 34.0 Å². The van der Waals surface area contributed by atoms with Gasteiger partial charge in [-0.15, -0.1) is 0 Å². The van der Waals surface area contributed by atoms with E-state index in [1.54, 1.807) is 5.20 Å². The van der Waals surface area contributed by atoms with E-state index in [4.69, 9.17) is 0 Å². The van der Waals surface area contributed by atoms with Crippen molar-refractivity contribution in [3.05, 3.63) is 114 Å². The third kappa shape index (κ3) is 3.16. The van der Waals surface area contributed by atoms with Gasteiger partial charge in [0, 0.05) is 0 Å². The normalized spacial score (nSPS) is 19.9. The summed E-state index contributed by atoms with van der Waals surface area (Å²) in [6, 6.07) is 34.0. The zero-order valence-electron chi connectivity index (χ0n) is 14.3. The lowest BCUT2D eigenvalue weighted by atomic mass is 10.2. The first-order valence-corrected chi connectivity index (χ1v) is 11.2. The molecule has 1 heterocycles. The fourth-order valence-corrected chi connectivity index (χ4v) is 8.32. The highest BCUT2D eigenvalue weighted by Gasteiger charge is 2.39. The smallest absolute Gasteiger partial charge is 0.0852 e. The number of allylic oxidation sites excluding steroid dienone is 1. The molecule has 0 nitrogen and oxygen atoms in total. The van der Waals surface area contributed by atoms with Crippen LogP contribution in [0.1, 0.15) is 17.5 Å². The van der Waals surface area contributed by atoms with E-state index in [1.165, 1.54) is 28.8 Å². The van der Waals surface area contributed by atoms with Crippen LogP contribution in [0.2, 0.25) is 6.04 Å². The molecule has 1 aliphatic heterocycles. The van der Waals surface area contributed by atoms with E-state index in [9.17, 15) is 0 Å². The second kappa shape index (κ2) is 7.08. The predicted molar refractivity (Wildman–Crippen MR) is 111 cm³/mol. The molecule has 4 rings (SSSR count). The summed E-state index contributed by atoms with van der Waals surface area (Å²) in [7, 11) is -1.88. The Bertz CT molecular complexity index is 879. The molecule has 0 saturated heterocycles. The van der Waals surface area contributed by atoms with E-state index in [0.29, 0.717) is 0 Å². The molecule has 3 aromatic carbocycles. The van der Waals surface area contributed by atoms with Crippen LogP contribution < -0.4 is 5.19 Å². The van der Waals surface area contributed by atoms with Gasteiger partial charge >= 0.3 is 0 Å². The van der Waals surface area contributed by atoms with Gasteiger partial charge in [-0.1, -0.05) is 109 Å². The molecule has 25 heavy (non-hydrogen) atoms. The quantitative estimate of drug-likeness (QED) is 0.542. The summed E-state index contributed by atoms with van der Waals surface area (Å²) in [5.41, 5.74) is 5.21. The fourth-order valence-electron chi connectivity index (χ4n) is 3.86. The molecule has 1 aliphatic rings. The molecular weight excluding hydrogens is 316 g/mol. The minimum atomic E-state index is -1.88. The molecule has 0 aliphatic carbocycles. The van der Waals surface area contributed by atoms with Gasteiger partial charge in [0.1, 0.15) is 8.07 Å². The first-order chi connectivity index (χ1) is 12.4. The van der Waals surface area contributed by atoms with Crippen molar-refractivity contribution in [2.45, 2.75) is 12.5 Å².